The second-order valence-corrected chi connectivity index (χ2v) is 8.53. The van der Waals surface area contributed by atoms with Crippen LogP contribution in [-0.4, -0.2) is 19.9 Å². The van der Waals surface area contributed by atoms with Crippen LogP contribution in [0.3, 0.4) is 0 Å². The van der Waals surface area contributed by atoms with Gasteiger partial charge in [-0.1, -0.05) is 35.5 Å². The molecule has 4 rings (SSSR count). The maximum Gasteiger partial charge on any atom is 0.472 e. The predicted molar refractivity (Wildman–Crippen MR) is 117 cm³/mol. The van der Waals surface area contributed by atoms with Gasteiger partial charge in [-0.05, 0) is 29.3 Å². The molecule has 0 amide bonds. The van der Waals surface area contributed by atoms with Crippen LogP contribution in [0.5, 0.6) is 5.88 Å². The smallest absolute Gasteiger partial charge is 0.471 e. The SMILES string of the molecule is Nc1c(-c2cc(Cc3cnc(OCc4ccccc4)c(F)c3)no2)ccc[n+]1COP(=O)(O)O. The highest BCUT2D eigenvalue weighted by atomic mass is 31.2. The lowest BCUT2D eigenvalue weighted by atomic mass is 10.1. The molecule has 0 unspecified atom stereocenters. The van der Waals surface area contributed by atoms with E-state index in [1.807, 2.05) is 30.3 Å². The van der Waals surface area contributed by atoms with Gasteiger partial charge < -0.3 is 19.0 Å². The molecule has 0 saturated heterocycles. The van der Waals surface area contributed by atoms with Gasteiger partial charge in [0, 0.05) is 18.7 Å². The standard InChI is InChI=1S/C22H20FN4O6P/c23-19-10-16(12-25-22(19)31-13-15-5-2-1-3-6-15)9-17-11-20(33-26-17)18-7-4-8-27(21(18)24)14-32-34(28,29)30/h1-8,10-12,24H,9,13-14H2,(H2,28,29,30)/p+1. The summed E-state index contributed by atoms with van der Waals surface area (Å²) in [5, 5.41) is 3.99. The van der Waals surface area contributed by atoms with E-state index in [1.165, 1.54) is 23.0 Å². The molecule has 10 nitrogen and oxygen atoms in total. The molecule has 0 spiro atoms. The molecule has 0 aliphatic rings. The van der Waals surface area contributed by atoms with Gasteiger partial charge in [-0.3, -0.25) is 5.73 Å². The van der Waals surface area contributed by atoms with E-state index in [0.717, 1.165) is 5.56 Å². The number of pyridine rings is 2. The first-order valence-electron chi connectivity index (χ1n) is 10.0. The molecule has 12 heteroatoms. The van der Waals surface area contributed by atoms with E-state index in [1.54, 1.807) is 18.2 Å². The molecule has 3 heterocycles. The van der Waals surface area contributed by atoms with Crippen molar-refractivity contribution in [3.63, 3.8) is 0 Å². The number of rotatable bonds is 9. The quantitative estimate of drug-likeness (QED) is 0.240. The average Bonchev–Trinajstić information content (AvgIpc) is 3.26. The third kappa shape index (κ3) is 6.03. The number of ether oxygens (including phenoxy) is 1. The lowest BCUT2D eigenvalue weighted by Gasteiger charge is -2.07. The zero-order valence-corrected chi connectivity index (χ0v) is 18.6. The summed E-state index contributed by atoms with van der Waals surface area (Å²) in [4.78, 5) is 21.8. The molecule has 0 atom stereocenters. The maximum atomic E-state index is 14.5. The normalized spacial score (nSPS) is 11.5. The van der Waals surface area contributed by atoms with Crippen molar-refractivity contribution in [1.82, 2.24) is 10.1 Å². The van der Waals surface area contributed by atoms with Crippen LogP contribution in [0.4, 0.5) is 10.2 Å². The number of phosphoric ester groups is 1. The van der Waals surface area contributed by atoms with Crippen molar-refractivity contribution in [2.75, 3.05) is 5.73 Å². The number of nitrogens with two attached hydrogens (primary N) is 1. The van der Waals surface area contributed by atoms with E-state index in [9.17, 15) is 8.96 Å². The Hall–Kier alpha value is -3.63. The van der Waals surface area contributed by atoms with Gasteiger partial charge in [0.05, 0.1) is 11.9 Å². The third-order valence-electron chi connectivity index (χ3n) is 4.77. The summed E-state index contributed by atoms with van der Waals surface area (Å²) in [6.45, 7) is -0.247. The Kier molecular flexibility index (Phi) is 6.99. The molecular weight excluding hydrogens is 466 g/mol. The van der Waals surface area contributed by atoms with Crippen LogP contribution in [-0.2, 0) is 28.8 Å². The zero-order chi connectivity index (χ0) is 24.1. The third-order valence-corrected chi connectivity index (χ3v) is 5.22. The fraction of sp³-hybridized carbons (Fsp3) is 0.136. The van der Waals surface area contributed by atoms with E-state index >= 15 is 0 Å². The summed E-state index contributed by atoms with van der Waals surface area (Å²) >= 11 is 0. The topological polar surface area (TPSA) is 145 Å². The van der Waals surface area contributed by atoms with Crippen LogP contribution in [0.1, 0.15) is 16.8 Å². The van der Waals surface area contributed by atoms with Gasteiger partial charge in [-0.25, -0.2) is 23.0 Å². The summed E-state index contributed by atoms with van der Waals surface area (Å²) in [6, 6.07) is 15.6. The molecule has 4 aromatic rings. The Morgan fingerprint density at radius 3 is 2.65 bits per heavy atom. The van der Waals surface area contributed by atoms with Crippen molar-refractivity contribution in [3.8, 4) is 17.2 Å². The second kappa shape index (κ2) is 10.1. The van der Waals surface area contributed by atoms with E-state index in [0.29, 0.717) is 22.6 Å². The number of nitrogens with zero attached hydrogens (tertiary/aromatic N) is 3. The minimum absolute atomic E-state index is 0.0902. The second-order valence-electron chi connectivity index (χ2n) is 7.29. The Labute approximate surface area is 193 Å². The Morgan fingerprint density at radius 1 is 1.12 bits per heavy atom. The van der Waals surface area contributed by atoms with E-state index < -0.39 is 20.4 Å². The first-order valence-corrected chi connectivity index (χ1v) is 11.6. The minimum atomic E-state index is -4.66. The van der Waals surface area contributed by atoms with Crippen molar-refractivity contribution >= 4 is 13.6 Å². The molecule has 0 bridgehead atoms. The number of benzene rings is 1. The Balaban J connectivity index is 1.44. The van der Waals surface area contributed by atoms with Gasteiger partial charge in [-0.2, -0.15) is 0 Å². The summed E-state index contributed by atoms with van der Waals surface area (Å²) < 4.78 is 42.0. The van der Waals surface area contributed by atoms with Crippen molar-refractivity contribution in [2.24, 2.45) is 0 Å². The molecule has 176 valence electrons. The zero-order valence-electron chi connectivity index (χ0n) is 17.7. The largest absolute Gasteiger partial charge is 0.472 e. The summed E-state index contributed by atoms with van der Waals surface area (Å²) in [5.74, 6) is -0.191. The number of anilines is 1. The van der Waals surface area contributed by atoms with Crippen molar-refractivity contribution in [3.05, 3.63) is 89.6 Å². The number of phosphoric acid groups is 1. The summed E-state index contributed by atoms with van der Waals surface area (Å²) in [7, 11) is -4.66. The van der Waals surface area contributed by atoms with Crippen LogP contribution in [0, 0.1) is 5.82 Å². The highest BCUT2D eigenvalue weighted by molar-refractivity contribution is 7.46. The predicted octanol–water partition coefficient (Wildman–Crippen LogP) is 2.98. The Morgan fingerprint density at radius 2 is 1.91 bits per heavy atom. The van der Waals surface area contributed by atoms with Crippen LogP contribution in [0.25, 0.3) is 11.3 Å². The first-order chi connectivity index (χ1) is 16.3. The summed E-state index contributed by atoms with van der Waals surface area (Å²) in [6.07, 6.45) is 3.25. The number of hydrogen-bond acceptors (Lipinski definition) is 7. The molecular formula is C22H21FN4O6P+. The van der Waals surface area contributed by atoms with Crippen LogP contribution in [0.2, 0.25) is 0 Å². The van der Waals surface area contributed by atoms with E-state index in [-0.39, 0.29) is 24.7 Å². The lowest BCUT2D eigenvalue weighted by molar-refractivity contribution is -0.711. The van der Waals surface area contributed by atoms with Crippen molar-refractivity contribution in [2.45, 2.75) is 19.8 Å². The molecule has 0 aliphatic carbocycles. The van der Waals surface area contributed by atoms with Gasteiger partial charge in [0.15, 0.2) is 11.6 Å². The molecule has 4 N–H and O–H groups in total. The van der Waals surface area contributed by atoms with Gasteiger partial charge in [-0.15, -0.1) is 0 Å². The van der Waals surface area contributed by atoms with E-state index in [2.05, 4.69) is 14.7 Å². The first kappa shape index (κ1) is 23.5. The van der Waals surface area contributed by atoms with Crippen LogP contribution in [0.15, 0.2) is 71.5 Å². The monoisotopic (exact) mass is 487 g/mol. The van der Waals surface area contributed by atoms with Crippen LogP contribution < -0.4 is 15.0 Å². The molecule has 0 fully saturated rings. The van der Waals surface area contributed by atoms with Gasteiger partial charge in [0.1, 0.15) is 12.2 Å². The lowest BCUT2D eigenvalue weighted by Crippen LogP contribution is -2.38. The number of aromatic nitrogens is 3. The molecule has 0 saturated carbocycles. The fourth-order valence-electron chi connectivity index (χ4n) is 3.15. The Bertz CT molecular complexity index is 1330. The molecule has 3 aromatic heterocycles. The average molecular weight is 487 g/mol. The van der Waals surface area contributed by atoms with Crippen molar-refractivity contribution in [1.29, 1.82) is 0 Å². The summed E-state index contributed by atoms with van der Waals surface area (Å²) in [5.41, 5.74) is 8.51. The maximum absolute atomic E-state index is 14.5. The minimum Gasteiger partial charge on any atom is -0.471 e. The number of hydrogen-bond donors (Lipinski definition) is 3. The number of nitrogen functional groups attached to an aromatic ring is 1. The molecule has 0 aliphatic heterocycles. The highest BCUT2D eigenvalue weighted by Crippen LogP contribution is 2.35. The molecule has 34 heavy (non-hydrogen) atoms. The van der Waals surface area contributed by atoms with Gasteiger partial charge in [0.2, 0.25) is 6.73 Å². The van der Waals surface area contributed by atoms with E-state index in [4.69, 9.17) is 24.8 Å². The van der Waals surface area contributed by atoms with Crippen molar-refractivity contribution < 1.29 is 37.1 Å². The van der Waals surface area contributed by atoms with Gasteiger partial charge in [0.25, 0.3) is 11.7 Å². The number of halogens is 1. The highest BCUT2D eigenvalue weighted by Gasteiger charge is 2.21. The molecule has 1 aromatic carbocycles. The fourth-order valence-corrected chi connectivity index (χ4v) is 3.42. The van der Waals surface area contributed by atoms with Gasteiger partial charge >= 0.3 is 7.82 Å². The van der Waals surface area contributed by atoms with Crippen LogP contribution >= 0.6 is 7.82 Å². The molecule has 0 radical (unpaired) electrons.